The van der Waals surface area contributed by atoms with Gasteiger partial charge in [-0.25, -0.2) is 4.79 Å². The van der Waals surface area contributed by atoms with Crippen molar-refractivity contribution in [3.8, 4) is 0 Å². The fourth-order valence-corrected chi connectivity index (χ4v) is 0.714. The van der Waals surface area contributed by atoms with Crippen LogP contribution >= 0.6 is 15.9 Å². The van der Waals surface area contributed by atoms with Crippen molar-refractivity contribution in [3.05, 3.63) is 27.4 Å². The van der Waals surface area contributed by atoms with Crippen LogP contribution in [0.1, 0.15) is 0 Å². The number of aromatic nitrogens is 2. The molecule has 0 aliphatic carbocycles. The molecule has 1 aromatic rings. The van der Waals surface area contributed by atoms with E-state index in [0.29, 0.717) is 4.60 Å². The van der Waals surface area contributed by atoms with E-state index >= 15 is 0 Å². The van der Waals surface area contributed by atoms with Crippen molar-refractivity contribution >= 4 is 15.9 Å². The van der Waals surface area contributed by atoms with Crippen LogP contribution < -0.4 is 5.69 Å². The van der Waals surface area contributed by atoms with E-state index in [9.17, 15) is 4.79 Å². The molecule has 9 heavy (non-hydrogen) atoms. The van der Waals surface area contributed by atoms with Gasteiger partial charge in [0.05, 0.1) is 0 Å². The van der Waals surface area contributed by atoms with Crippen molar-refractivity contribution in [1.29, 1.82) is 0 Å². The molecule has 0 unspecified atom stereocenters. The summed E-state index contributed by atoms with van der Waals surface area (Å²) in [6.07, 6.45) is 1.65. The zero-order chi connectivity index (χ0) is 6.85. The molecule has 0 atom stereocenters. The zero-order valence-corrected chi connectivity index (χ0v) is 6.42. The number of nitrogens with zero attached hydrogens (tertiary/aromatic N) is 2. The molecule has 0 saturated heterocycles. The molecule has 48 valence electrons. The van der Waals surface area contributed by atoms with Crippen molar-refractivity contribution < 1.29 is 0 Å². The van der Waals surface area contributed by atoms with Gasteiger partial charge in [0.15, 0.2) is 0 Å². The first-order valence-electron chi connectivity index (χ1n) is 2.39. The number of halogens is 1. The molecule has 4 heteroatoms. The summed E-state index contributed by atoms with van der Waals surface area (Å²) in [6, 6.07) is 1.71. The molecule has 0 aliphatic heterocycles. The Labute approximate surface area is 60.5 Å². The lowest BCUT2D eigenvalue weighted by atomic mass is 10.7. The van der Waals surface area contributed by atoms with Gasteiger partial charge in [0, 0.05) is 13.2 Å². The summed E-state index contributed by atoms with van der Waals surface area (Å²) in [4.78, 5) is 14.3. The third-order valence-electron chi connectivity index (χ3n) is 0.940. The van der Waals surface area contributed by atoms with Gasteiger partial charge in [0.2, 0.25) is 0 Å². The predicted octanol–water partition coefficient (Wildman–Crippen LogP) is 0.543. The van der Waals surface area contributed by atoms with Gasteiger partial charge in [-0.2, -0.15) is 4.98 Å². The number of hydrogen-bond donors (Lipinski definition) is 0. The SMILES string of the molecule is Cn1ccc(Br)nc1=O. The van der Waals surface area contributed by atoms with E-state index in [1.54, 1.807) is 19.3 Å². The van der Waals surface area contributed by atoms with Gasteiger partial charge in [-0.1, -0.05) is 0 Å². The maximum Gasteiger partial charge on any atom is 0.348 e. The molecule has 0 bridgehead atoms. The van der Waals surface area contributed by atoms with Crippen molar-refractivity contribution in [2.45, 2.75) is 0 Å². The smallest absolute Gasteiger partial charge is 0.302 e. The fourth-order valence-electron chi connectivity index (χ4n) is 0.445. The molecule has 3 nitrogen and oxygen atoms in total. The van der Waals surface area contributed by atoms with Gasteiger partial charge in [0.25, 0.3) is 0 Å². The van der Waals surface area contributed by atoms with Gasteiger partial charge in [-0.3, -0.25) is 0 Å². The van der Waals surface area contributed by atoms with Gasteiger partial charge >= 0.3 is 5.69 Å². The lowest BCUT2D eigenvalue weighted by molar-refractivity contribution is 0.803. The monoisotopic (exact) mass is 188 g/mol. The van der Waals surface area contributed by atoms with Crippen molar-refractivity contribution in [2.24, 2.45) is 7.05 Å². The molecular formula is C5H5BrN2O. The Kier molecular flexibility index (Phi) is 1.66. The molecule has 0 N–H and O–H groups in total. The number of aryl methyl sites for hydroxylation is 1. The van der Waals surface area contributed by atoms with E-state index in [0.717, 1.165) is 0 Å². The van der Waals surface area contributed by atoms with Crippen LogP contribution in [-0.4, -0.2) is 9.55 Å². The molecule has 0 fully saturated rings. The van der Waals surface area contributed by atoms with Gasteiger partial charge in [-0.15, -0.1) is 0 Å². The second-order valence-electron chi connectivity index (χ2n) is 1.64. The first-order chi connectivity index (χ1) is 4.20. The standard InChI is InChI=1S/C5H5BrN2O/c1-8-3-2-4(6)7-5(8)9/h2-3H,1H3. The van der Waals surface area contributed by atoms with Crippen LogP contribution in [0.3, 0.4) is 0 Å². The first-order valence-corrected chi connectivity index (χ1v) is 3.18. The average molecular weight is 189 g/mol. The minimum Gasteiger partial charge on any atom is -0.302 e. The Morgan fingerprint density at radius 2 is 2.44 bits per heavy atom. The summed E-state index contributed by atoms with van der Waals surface area (Å²) in [5.41, 5.74) is -0.246. The second-order valence-corrected chi connectivity index (χ2v) is 2.46. The first kappa shape index (κ1) is 6.48. The van der Waals surface area contributed by atoms with Crippen LogP contribution in [0.2, 0.25) is 0 Å². The minimum absolute atomic E-state index is 0.246. The summed E-state index contributed by atoms with van der Waals surface area (Å²) < 4.78 is 1.98. The topological polar surface area (TPSA) is 34.9 Å². The Bertz CT molecular complexity index is 268. The summed E-state index contributed by atoms with van der Waals surface area (Å²) in [7, 11) is 1.65. The van der Waals surface area contributed by atoms with E-state index in [4.69, 9.17) is 0 Å². The van der Waals surface area contributed by atoms with Crippen molar-refractivity contribution in [2.75, 3.05) is 0 Å². The number of rotatable bonds is 0. The van der Waals surface area contributed by atoms with E-state index in [-0.39, 0.29) is 5.69 Å². The zero-order valence-electron chi connectivity index (χ0n) is 4.84. The van der Waals surface area contributed by atoms with E-state index < -0.39 is 0 Å². The molecule has 1 aromatic heterocycles. The second kappa shape index (κ2) is 2.31. The Balaban J connectivity index is 3.34. The molecule has 0 aliphatic rings. The molecule has 0 amide bonds. The highest BCUT2D eigenvalue weighted by Gasteiger charge is 1.89. The predicted molar refractivity (Wildman–Crippen MR) is 37.2 cm³/mol. The quantitative estimate of drug-likeness (QED) is 0.558. The largest absolute Gasteiger partial charge is 0.348 e. The summed E-state index contributed by atoms with van der Waals surface area (Å²) >= 11 is 3.07. The Morgan fingerprint density at radius 3 is 2.89 bits per heavy atom. The minimum atomic E-state index is -0.246. The highest BCUT2D eigenvalue weighted by molar-refractivity contribution is 9.10. The molecule has 0 radical (unpaired) electrons. The Hall–Kier alpha value is -0.640. The van der Waals surface area contributed by atoms with Crippen molar-refractivity contribution in [1.82, 2.24) is 9.55 Å². The van der Waals surface area contributed by atoms with Crippen LogP contribution in [-0.2, 0) is 7.05 Å². The summed E-state index contributed by atoms with van der Waals surface area (Å²) in [6.45, 7) is 0. The molecule has 0 spiro atoms. The molecule has 1 heterocycles. The van der Waals surface area contributed by atoms with Crippen LogP contribution in [0.25, 0.3) is 0 Å². The normalized spacial score (nSPS) is 9.56. The third-order valence-corrected chi connectivity index (χ3v) is 1.38. The number of hydrogen-bond acceptors (Lipinski definition) is 2. The Morgan fingerprint density at radius 1 is 1.78 bits per heavy atom. The van der Waals surface area contributed by atoms with E-state index in [1.165, 1.54) is 4.57 Å². The van der Waals surface area contributed by atoms with Crippen molar-refractivity contribution in [3.63, 3.8) is 0 Å². The van der Waals surface area contributed by atoms with Crippen LogP contribution in [0.4, 0.5) is 0 Å². The lowest BCUT2D eigenvalue weighted by Crippen LogP contribution is -2.18. The van der Waals surface area contributed by atoms with Crippen LogP contribution in [0.15, 0.2) is 21.7 Å². The van der Waals surface area contributed by atoms with Crippen LogP contribution in [0, 0.1) is 0 Å². The molecule has 1 rings (SSSR count). The highest BCUT2D eigenvalue weighted by Crippen LogP contribution is 1.97. The fraction of sp³-hybridized carbons (Fsp3) is 0.200. The van der Waals surface area contributed by atoms with Gasteiger partial charge < -0.3 is 4.57 Å². The van der Waals surface area contributed by atoms with Gasteiger partial charge in [-0.05, 0) is 22.0 Å². The highest BCUT2D eigenvalue weighted by atomic mass is 79.9. The van der Waals surface area contributed by atoms with E-state index in [2.05, 4.69) is 20.9 Å². The third kappa shape index (κ3) is 1.38. The summed E-state index contributed by atoms with van der Waals surface area (Å²) in [5, 5.41) is 0. The molecular weight excluding hydrogens is 184 g/mol. The van der Waals surface area contributed by atoms with Gasteiger partial charge in [0.1, 0.15) is 4.60 Å². The lowest BCUT2D eigenvalue weighted by Gasteiger charge is -1.91. The van der Waals surface area contributed by atoms with E-state index in [1.807, 2.05) is 0 Å². The summed E-state index contributed by atoms with van der Waals surface area (Å²) in [5.74, 6) is 0. The maximum atomic E-state index is 10.7. The molecule has 0 saturated carbocycles. The molecule has 0 aromatic carbocycles. The van der Waals surface area contributed by atoms with Crippen LogP contribution in [0.5, 0.6) is 0 Å². The maximum absolute atomic E-state index is 10.7. The average Bonchev–Trinajstić information content (AvgIpc) is 1.80.